The summed E-state index contributed by atoms with van der Waals surface area (Å²) < 4.78 is 0. The Morgan fingerprint density at radius 2 is 1.76 bits per heavy atom. The Balaban J connectivity index is 1.74. The van der Waals surface area contributed by atoms with Gasteiger partial charge in [0, 0.05) is 12.6 Å². The molecule has 2 heteroatoms. The van der Waals surface area contributed by atoms with Crippen LogP contribution in [0.5, 0.6) is 0 Å². The zero-order valence-corrected chi connectivity index (χ0v) is 11.6. The van der Waals surface area contributed by atoms with E-state index in [2.05, 4.69) is 17.1 Å². The van der Waals surface area contributed by atoms with Gasteiger partial charge in [-0.05, 0) is 51.2 Å². The topological polar surface area (TPSA) is 15.3 Å². The SMILES string of the molecule is CCC1CCNC(CN2CCCCCCC2)C1. The van der Waals surface area contributed by atoms with Crippen molar-refractivity contribution in [2.45, 2.75) is 64.3 Å². The second kappa shape index (κ2) is 7.38. The minimum absolute atomic E-state index is 0.771. The highest BCUT2D eigenvalue weighted by Gasteiger charge is 2.22. The van der Waals surface area contributed by atoms with Crippen LogP contribution in [0, 0.1) is 5.92 Å². The Morgan fingerprint density at radius 1 is 1.06 bits per heavy atom. The zero-order chi connectivity index (χ0) is 11.9. The van der Waals surface area contributed by atoms with E-state index >= 15 is 0 Å². The molecule has 2 nitrogen and oxygen atoms in total. The normalized spacial score (nSPS) is 33.0. The number of hydrogen-bond donors (Lipinski definition) is 1. The van der Waals surface area contributed by atoms with E-state index in [1.807, 2.05) is 0 Å². The molecule has 0 aromatic heterocycles. The highest BCUT2D eigenvalue weighted by Crippen LogP contribution is 2.20. The van der Waals surface area contributed by atoms with Crippen LogP contribution in [-0.2, 0) is 0 Å². The lowest BCUT2D eigenvalue weighted by molar-refractivity contribution is 0.187. The molecule has 100 valence electrons. The Labute approximate surface area is 107 Å². The van der Waals surface area contributed by atoms with Gasteiger partial charge in [-0.2, -0.15) is 0 Å². The van der Waals surface area contributed by atoms with Crippen LogP contribution in [0.1, 0.15) is 58.3 Å². The first kappa shape index (κ1) is 13.4. The van der Waals surface area contributed by atoms with E-state index in [1.54, 1.807) is 0 Å². The van der Waals surface area contributed by atoms with Crippen molar-refractivity contribution in [1.29, 1.82) is 0 Å². The van der Waals surface area contributed by atoms with E-state index in [9.17, 15) is 0 Å². The number of hydrogen-bond acceptors (Lipinski definition) is 2. The third-order valence-corrected chi connectivity index (χ3v) is 4.61. The number of rotatable bonds is 3. The maximum Gasteiger partial charge on any atom is 0.0197 e. The van der Waals surface area contributed by atoms with E-state index in [1.165, 1.54) is 77.5 Å². The standard InChI is InChI=1S/C15H30N2/c1-2-14-8-9-16-15(12-14)13-17-10-6-4-3-5-7-11-17/h14-16H,2-13H2,1H3. The van der Waals surface area contributed by atoms with Crippen LogP contribution in [0.2, 0.25) is 0 Å². The summed E-state index contributed by atoms with van der Waals surface area (Å²) in [6.45, 7) is 7.58. The van der Waals surface area contributed by atoms with Crippen LogP contribution >= 0.6 is 0 Å². The number of piperidine rings is 1. The second-order valence-corrected chi connectivity index (χ2v) is 6.02. The van der Waals surface area contributed by atoms with Crippen LogP contribution in [0.4, 0.5) is 0 Å². The Morgan fingerprint density at radius 3 is 2.47 bits per heavy atom. The van der Waals surface area contributed by atoms with Crippen molar-refractivity contribution >= 4 is 0 Å². The first-order valence-electron chi connectivity index (χ1n) is 7.84. The Kier molecular flexibility index (Phi) is 5.79. The van der Waals surface area contributed by atoms with Crippen LogP contribution in [0.15, 0.2) is 0 Å². The van der Waals surface area contributed by atoms with Crippen LogP contribution in [-0.4, -0.2) is 37.1 Å². The molecule has 2 heterocycles. The maximum atomic E-state index is 3.73. The summed E-state index contributed by atoms with van der Waals surface area (Å²) in [5.74, 6) is 0.982. The van der Waals surface area contributed by atoms with Crippen molar-refractivity contribution in [3.8, 4) is 0 Å². The Bertz CT molecular complexity index is 197. The summed E-state index contributed by atoms with van der Waals surface area (Å²) in [6, 6.07) is 0.771. The van der Waals surface area contributed by atoms with Gasteiger partial charge in [0.1, 0.15) is 0 Å². The summed E-state index contributed by atoms with van der Waals surface area (Å²) in [4.78, 5) is 2.72. The summed E-state index contributed by atoms with van der Waals surface area (Å²) in [5, 5.41) is 3.73. The molecule has 0 spiro atoms. The molecular weight excluding hydrogens is 208 g/mol. The van der Waals surface area contributed by atoms with E-state index < -0.39 is 0 Å². The van der Waals surface area contributed by atoms with Crippen molar-refractivity contribution < 1.29 is 0 Å². The summed E-state index contributed by atoms with van der Waals surface area (Å²) in [7, 11) is 0. The molecule has 2 saturated heterocycles. The molecule has 2 aliphatic rings. The van der Waals surface area contributed by atoms with E-state index in [0.29, 0.717) is 0 Å². The van der Waals surface area contributed by atoms with Gasteiger partial charge in [-0.15, -0.1) is 0 Å². The quantitative estimate of drug-likeness (QED) is 0.813. The van der Waals surface area contributed by atoms with Crippen LogP contribution < -0.4 is 5.32 Å². The van der Waals surface area contributed by atoms with Crippen molar-refractivity contribution in [1.82, 2.24) is 10.2 Å². The lowest BCUT2D eigenvalue weighted by Crippen LogP contribution is -2.46. The van der Waals surface area contributed by atoms with Gasteiger partial charge in [0.15, 0.2) is 0 Å². The van der Waals surface area contributed by atoms with E-state index in [4.69, 9.17) is 0 Å². The van der Waals surface area contributed by atoms with E-state index in [-0.39, 0.29) is 0 Å². The van der Waals surface area contributed by atoms with Crippen LogP contribution in [0.3, 0.4) is 0 Å². The fourth-order valence-corrected chi connectivity index (χ4v) is 3.41. The largest absolute Gasteiger partial charge is 0.313 e. The molecule has 2 atom stereocenters. The first-order valence-corrected chi connectivity index (χ1v) is 7.84. The lowest BCUT2D eigenvalue weighted by Gasteiger charge is -2.34. The third kappa shape index (κ3) is 4.59. The molecular formula is C15H30N2. The van der Waals surface area contributed by atoms with Crippen molar-refractivity contribution in [2.75, 3.05) is 26.2 Å². The molecule has 0 aromatic rings. The molecule has 0 radical (unpaired) electrons. The van der Waals surface area contributed by atoms with Gasteiger partial charge in [-0.3, -0.25) is 0 Å². The van der Waals surface area contributed by atoms with Gasteiger partial charge < -0.3 is 10.2 Å². The third-order valence-electron chi connectivity index (χ3n) is 4.61. The lowest BCUT2D eigenvalue weighted by atomic mass is 9.90. The zero-order valence-electron chi connectivity index (χ0n) is 11.6. The fourth-order valence-electron chi connectivity index (χ4n) is 3.41. The predicted molar refractivity (Wildman–Crippen MR) is 74.3 cm³/mol. The first-order chi connectivity index (χ1) is 8.38. The molecule has 0 aromatic carbocycles. The number of nitrogens with zero attached hydrogens (tertiary/aromatic N) is 1. The van der Waals surface area contributed by atoms with Gasteiger partial charge in [-0.25, -0.2) is 0 Å². The van der Waals surface area contributed by atoms with Gasteiger partial charge in [0.2, 0.25) is 0 Å². The number of nitrogens with one attached hydrogen (secondary N) is 1. The molecule has 2 unspecified atom stereocenters. The monoisotopic (exact) mass is 238 g/mol. The molecule has 17 heavy (non-hydrogen) atoms. The van der Waals surface area contributed by atoms with Crippen molar-refractivity contribution in [2.24, 2.45) is 5.92 Å². The number of likely N-dealkylation sites (tertiary alicyclic amines) is 1. The average Bonchev–Trinajstić information content (AvgIpc) is 2.33. The van der Waals surface area contributed by atoms with Gasteiger partial charge in [0.25, 0.3) is 0 Å². The smallest absolute Gasteiger partial charge is 0.0197 e. The molecule has 2 fully saturated rings. The minimum atomic E-state index is 0.771. The van der Waals surface area contributed by atoms with Gasteiger partial charge in [-0.1, -0.05) is 32.6 Å². The molecule has 2 aliphatic heterocycles. The van der Waals surface area contributed by atoms with Gasteiger partial charge in [0.05, 0.1) is 0 Å². The highest BCUT2D eigenvalue weighted by molar-refractivity contribution is 4.81. The minimum Gasteiger partial charge on any atom is -0.313 e. The highest BCUT2D eigenvalue weighted by atomic mass is 15.1. The van der Waals surface area contributed by atoms with E-state index in [0.717, 1.165) is 12.0 Å². The van der Waals surface area contributed by atoms with Gasteiger partial charge >= 0.3 is 0 Å². The Hall–Kier alpha value is -0.0800. The summed E-state index contributed by atoms with van der Waals surface area (Å²) >= 11 is 0. The van der Waals surface area contributed by atoms with Crippen LogP contribution in [0.25, 0.3) is 0 Å². The summed E-state index contributed by atoms with van der Waals surface area (Å²) in [6.07, 6.45) is 11.4. The molecule has 1 N–H and O–H groups in total. The van der Waals surface area contributed by atoms with Crippen molar-refractivity contribution in [3.05, 3.63) is 0 Å². The summed E-state index contributed by atoms with van der Waals surface area (Å²) in [5.41, 5.74) is 0. The maximum absolute atomic E-state index is 3.73. The molecule has 0 aliphatic carbocycles. The fraction of sp³-hybridized carbons (Fsp3) is 1.00. The van der Waals surface area contributed by atoms with Crippen molar-refractivity contribution in [3.63, 3.8) is 0 Å². The molecule has 0 amide bonds. The molecule has 0 bridgehead atoms. The second-order valence-electron chi connectivity index (χ2n) is 6.02. The predicted octanol–water partition coefficient (Wildman–Crippen LogP) is 3.03. The molecule has 0 saturated carbocycles. The average molecular weight is 238 g/mol. The molecule has 2 rings (SSSR count).